The van der Waals surface area contributed by atoms with Gasteiger partial charge in [-0.15, -0.1) is 0 Å². The maximum absolute atomic E-state index is 13.3. The summed E-state index contributed by atoms with van der Waals surface area (Å²) in [6, 6.07) is 14.2. The molecule has 1 amide bonds. The number of Topliss-reactive ketones (excluding diaryl/α,β-unsaturated/α-hetero) is 1. The summed E-state index contributed by atoms with van der Waals surface area (Å²) in [5, 5.41) is 11.3. The second-order valence-electron chi connectivity index (χ2n) is 10.7. The number of hydrogen-bond donors (Lipinski definition) is 1. The van der Waals surface area contributed by atoms with Crippen LogP contribution in [0.2, 0.25) is 0 Å². The van der Waals surface area contributed by atoms with Crippen LogP contribution in [-0.4, -0.2) is 43.9 Å². The Balaban J connectivity index is 1.72. The van der Waals surface area contributed by atoms with Gasteiger partial charge in [0.25, 0.3) is 11.7 Å². The molecular weight excluding hydrogens is 466 g/mol. The average Bonchev–Trinajstić information content (AvgIpc) is 3.45. The maximum Gasteiger partial charge on any atom is 0.295 e. The van der Waals surface area contributed by atoms with Crippen LogP contribution in [0.25, 0.3) is 5.76 Å². The molecule has 0 saturated carbocycles. The summed E-state index contributed by atoms with van der Waals surface area (Å²) in [7, 11) is 0. The SMILES string of the molecule is CC(C)Oc1ccc(/C(O)=C2/C(=O)C(=O)N(CCCn3ccnc3)C2c2ccc(C(C)(C)C)cc2)cc1. The minimum absolute atomic E-state index is 0.0168. The highest BCUT2D eigenvalue weighted by molar-refractivity contribution is 6.46. The van der Waals surface area contributed by atoms with Crippen LogP contribution in [0.3, 0.4) is 0 Å². The van der Waals surface area contributed by atoms with Gasteiger partial charge in [-0.2, -0.15) is 0 Å². The van der Waals surface area contributed by atoms with Gasteiger partial charge in [-0.3, -0.25) is 9.59 Å². The summed E-state index contributed by atoms with van der Waals surface area (Å²) in [5.41, 5.74) is 2.47. The number of hydrogen-bond acceptors (Lipinski definition) is 5. The minimum Gasteiger partial charge on any atom is -0.507 e. The molecule has 0 aliphatic carbocycles. The molecule has 2 aromatic carbocycles. The van der Waals surface area contributed by atoms with Crippen LogP contribution in [0, 0.1) is 0 Å². The van der Waals surface area contributed by atoms with Crippen LogP contribution < -0.4 is 4.74 Å². The summed E-state index contributed by atoms with van der Waals surface area (Å²) >= 11 is 0. The minimum atomic E-state index is -0.677. The Morgan fingerprint density at radius 3 is 2.27 bits per heavy atom. The van der Waals surface area contributed by atoms with E-state index in [0.717, 1.165) is 11.1 Å². The Hall–Kier alpha value is -3.87. The predicted octanol–water partition coefficient (Wildman–Crippen LogP) is 5.48. The Morgan fingerprint density at radius 2 is 1.70 bits per heavy atom. The molecule has 4 rings (SSSR count). The van der Waals surface area contributed by atoms with Crippen LogP contribution >= 0.6 is 0 Å². The number of ether oxygens (including phenoxy) is 1. The molecule has 1 N–H and O–H groups in total. The first kappa shape index (κ1) is 26.2. The first-order chi connectivity index (χ1) is 17.6. The molecule has 37 heavy (non-hydrogen) atoms. The lowest BCUT2D eigenvalue weighted by Gasteiger charge is -2.26. The van der Waals surface area contributed by atoms with Gasteiger partial charge in [0.2, 0.25) is 0 Å². The molecule has 3 aromatic rings. The fourth-order valence-electron chi connectivity index (χ4n) is 4.58. The van der Waals surface area contributed by atoms with Gasteiger partial charge in [0.15, 0.2) is 0 Å². The molecule has 1 aliphatic heterocycles. The number of carbonyl (C=O) groups is 2. The van der Waals surface area contributed by atoms with E-state index in [0.29, 0.717) is 30.8 Å². The molecule has 1 atom stereocenters. The molecule has 0 radical (unpaired) electrons. The zero-order chi connectivity index (χ0) is 26.7. The van der Waals surface area contributed by atoms with E-state index in [4.69, 9.17) is 4.74 Å². The number of imidazole rings is 1. The lowest BCUT2D eigenvalue weighted by molar-refractivity contribution is -0.139. The molecule has 1 fully saturated rings. The lowest BCUT2D eigenvalue weighted by atomic mass is 9.85. The highest BCUT2D eigenvalue weighted by atomic mass is 16.5. The van der Waals surface area contributed by atoms with E-state index in [1.807, 2.05) is 48.9 Å². The fourth-order valence-corrected chi connectivity index (χ4v) is 4.58. The topological polar surface area (TPSA) is 84.7 Å². The summed E-state index contributed by atoms with van der Waals surface area (Å²) in [6.45, 7) is 11.3. The molecule has 1 aromatic heterocycles. The normalized spacial score (nSPS) is 17.6. The second-order valence-corrected chi connectivity index (χ2v) is 10.7. The molecular formula is C30H35N3O4. The maximum atomic E-state index is 13.3. The fraction of sp³-hybridized carbons (Fsp3) is 0.367. The van der Waals surface area contributed by atoms with Gasteiger partial charge in [0.05, 0.1) is 24.0 Å². The average molecular weight is 502 g/mol. The van der Waals surface area contributed by atoms with Gasteiger partial charge < -0.3 is 19.3 Å². The summed E-state index contributed by atoms with van der Waals surface area (Å²) in [5.74, 6) is -0.790. The third kappa shape index (κ3) is 5.77. The number of amides is 1. The number of ketones is 1. The molecule has 2 heterocycles. The van der Waals surface area contributed by atoms with Crippen LogP contribution in [0.15, 0.2) is 72.8 Å². The standard InChI is InChI=1S/C30H35N3O4/c1-20(2)37-24-13-9-22(10-14-24)27(34)25-26(21-7-11-23(12-8-21)30(3,4)5)33(29(36)28(25)35)17-6-16-32-18-15-31-19-32/h7-15,18-20,26,34H,6,16-17H2,1-5H3/b27-25-. The molecule has 1 aliphatic rings. The molecule has 7 heteroatoms. The summed E-state index contributed by atoms with van der Waals surface area (Å²) < 4.78 is 7.64. The number of benzene rings is 2. The number of aromatic nitrogens is 2. The van der Waals surface area contributed by atoms with E-state index in [1.54, 1.807) is 41.7 Å². The van der Waals surface area contributed by atoms with E-state index in [9.17, 15) is 14.7 Å². The van der Waals surface area contributed by atoms with Crippen molar-refractivity contribution in [2.45, 2.75) is 65.1 Å². The van der Waals surface area contributed by atoms with Crippen molar-refractivity contribution in [3.8, 4) is 5.75 Å². The van der Waals surface area contributed by atoms with Crippen molar-refractivity contribution in [2.24, 2.45) is 0 Å². The highest BCUT2D eigenvalue weighted by Gasteiger charge is 2.45. The molecule has 0 spiro atoms. The van der Waals surface area contributed by atoms with E-state index in [1.165, 1.54) is 0 Å². The predicted molar refractivity (Wildman–Crippen MR) is 143 cm³/mol. The van der Waals surface area contributed by atoms with Crippen molar-refractivity contribution in [1.82, 2.24) is 14.5 Å². The summed E-state index contributed by atoms with van der Waals surface area (Å²) in [4.78, 5) is 32.2. The second kappa shape index (κ2) is 10.6. The van der Waals surface area contributed by atoms with Gasteiger partial charge >= 0.3 is 0 Å². The molecule has 1 saturated heterocycles. The monoisotopic (exact) mass is 501 g/mol. The Morgan fingerprint density at radius 1 is 1.03 bits per heavy atom. The van der Waals surface area contributed by atoms with Crippen LogP contribution in [0.1, 0.15) is 63.8 Å². The Bertz CT molecular complexity index is 1270. The zero-order valence-electron chi connectivity index (χ0n) is 22.1. The number of carbonyl (C=O) groups excluding carboxylic acids is 2. The zero-order valence-corrected chi connectivity index (χ0v) is 22.1. The van der Waals surface area contributed by atoms with E-state index >= 15 is 0 Å². The molecule has 194 valence electrons. The van der Waals surface area contributed by atoms with E-state index in [-0.39, 0.29) is 22.9 Å². The number of rotatable bonds is 8. The lowest BCUT2D eigenvalue weighted by Crippen LogP contribution is -2.31. The smallest absolute Gasteiger partial charge is 0.295 e. The highest BCUT2D eigenvalue weighted by Crippen LogP contribution is 2.40. The number of nitrogens with zero attached hydrogens (tertiary/aromatic N) is 3. The van der Waals surface area contributed by atoms with Crippen LogP contribution in [0.4, 0.5) is 0 Å². The van der Waals surface area contributed by atoms with Crippen LogP contribution in [0.5, 0.6) is 5.75 Å². The first-order valence-electron chi connectivity index (χ1n) is 12.7. The Kier molecular flexibility index (Phi) is 7.52. The molecule has 0 bridgehead atoms. The van der Waals surface area contributed by atoms with Crippen molar-refractivity contribution in [2.75, 3.05) is 6.54 Å². The van der Waals surface area contributed by atoms with Crippen molar-refractivity contribution in [1.29, 1.82) is 0 Å². The van der Waals surface area contributed by atoms with Gasteiger partial charge in [0.1, 0.15) is 11.5 Å². The number of aliphatic hydroxyl groups excluding tert-OH is 1. The van der Waals surface area contributed by atoms with Gasteiger partial charge in [-0.25, -0.2) is 4.98 Å². The number of aryl methyl sites for hydroxylation is 1. The number of aliphatic hydroxyl groups is 1. The third-order valence-electron chi connectivity index (χ3n) is 6.51. The van der Waals surface area contributed by atoms with E-state index in [2.05, 4.69) is 25.8 Å². The van der Waals surface area contributed by atoms with Crippen LogP contribution in [-0.2, 0) is 21.5 Å². The Labute approximate surface area is 218 Å². The van der Waals surface area contributed by atoms with Crippen molar-refractivity contribution in [3.05, 3.63) is 89.5 Å². The first-order valence-corrected chi connectivity index (χ1v) is 12.7. The van der Waals surface area contributed by atoms with Gasteiger partial charge in [-0.05, 0) is 61.1 Å². The van der Waals surface area contributed by atoms with Gasteiger partial charge in [0, 0.05) is 31.0 Å². The number of likely N-dealkylation sites (tertiary alicyclic amines) is 1. The van der Waals surface area contributed by atoms with Crippen molar-refractivity contribution < 1.29 is 19.4 Å². The largest absolute Gasteiger partial charge is 0.507 e. The quantitative estimate of drug-likeness (QED) is 0.251. The van der Waals surface area contributed by atoms with E-state index < -0.39 is 17.7 Å². The van der Waals surface area contributed by atoms with Crippen molar-refractivity contribution in [3.63, 3.8) is 0 Å². The molecule has 7 nitrogen and oxygen atoms in total. The van der Waals surface area contributed by atoms with Crippen molar-refractivity contribution >= 4 is 17.4 Å². The molecule has 1 unspecified atom stereocenters. The third-order valence-corrected chi connectivity index (χ3v) is 6.51. The summed E-state index contributed by atoms with van der Waals surface area (Å²) in [6.07, 6.45) is 5.96. The van der Waals surface area contributed by atoms with Gasteiger partial charge in [-0.1, -0.05) is 45.0 Å².